The molecule has 2 N–H and O–H groups in total. The third-order valence-electron chi connectivity index (χ3n) is 2.65. The van der Waals surface area contributed by atoms with Crippen molar-refractivity contribution in [1.82, 2.24) is 9.88 Å². The monoisotopic (exact) mass is 247 g/mol. The topological polar surface area (TPSA) is 42.1 Å². The van der Waals surface area contributed by atoms with Gasteiger partial charge in [-0.2, -0.15) is 0 Å². The molecule has 1 aromatic carbocycles. The summed E-state index contributed by atoms with van der Waals surface area (Å²) in [5.74, 6) is 0. The maximum absolute atomic E-state index is 5.78. The van der Waals surface area contributed by atoms with E-state index in [1.165, 1.54) is 5.56 Å². The Morgan fingerprint density at radius 3 is 2.88 bits per heavy atom. The molecule has 17 heavy (non-hydrogen) atoms. The van der Waals surface area contributed by atoms with E-state index < -0.39 is 0 Å². The van der Waals surface area contributed by atoms with Gasteiger partial charge in [-0.3, -0.25) is 4.90 Å². The Morgan fingerprint density at radius 1 is 1.35 bits per heavy atom. The second-order valence-corrected chi connectivity index (χ2v) is 4.95. The number of anilines is 1. The van der Waals surface area contributed by atoms with Gasteiger partial charge in [-0.1, -0.05) is 19.1 Å². The van der Waals surface area contributed by atoms with E-state index in [-0.39, 0.29) is 0 Å². The van der Waals surface area contributed by atoms with Gasteiger partial charge in [-0.25, -0.2) is 4.98 Å². The molecular formula is C13H17N3S. The molecule has 4 heteroatoms. The number of hydrogen-bond acceptors (Lipinski definition) is 4. The van der Waals surface area contributed by atoms with E-state index in [9.17, 15) is 0 Å². The van der Waals surface area contributed by atoms with Crippen LogP contribution in [0.25, 0.3) is 0 Å². The van der Waals surface area contributed by atoms with Crippen LogP contribution in [0, 0.1) is 0 Å². The lowest BCUT2D eigenvalue weighted by Gasteiger charge is -2.19. The predicted octanol–water partition coefficient (Wildman–Crippen LogP) is 2.75. The summed E-state index contributed by atoms with van der Waals surface area (Å²) in [4.78, 5) is 6.67. The van der Waals surface area contributed by atoms with Gasteiger partial charge >= 0.3 is 0 Å². The maximum Gasteiger partial charge on any atom is 0.107 e. The van der Waals surface area contributed by atoms with Crippen LogP contribution in [-0.4, -0.2) is 16.4 Å². The van der Waals surface area contributed by atoms with Crippen LogP contribution in [0.2, 0.25) is 0 Å². The first-order valence-electron chi connectivity index (χ1n) is 5.73. The van der Waals surface area contributed by atoms with Gasteiger partial charge in [0.15, 0.2) is 0 Å². The molecule has 0 aliphatic heterocycles. The number of benzene rings is 1. The molecule has 0 aliphatic rings. The lowest BCUT2D eigenvalue weighted by Crippen LogP contribution is -2.22. The average molecular weight is 247 g/mol. The first-order valence-corrected chi connectivity index (χ1v) is 6.61. The van der Waals surface area contributed by atoms with E-state index in [2.05, 4.69) is 22.9 Å². The van der Waals surface area contributed by atoms with Gasteiger partial charge in [-0.05, 0) is 24.2 Å². The highest BCUT2D eigenvalue weighted by Gasteiger charge is 2.06. The number of nitrogen functional groups attached to an aromatic ring is 1. The van der Waals surface area contributed by atoms with Crippen molar-refractivity contribution < 1.29 is 0 Å². The highest BCUT2D eigenvalue weighted by molar-refractivity contribution is 7.09. The molecule has 0 unspecified atom stereocenters. The quantitative estimate of drug-likeness (QED) is 0.826. The molecule has 0 spiro atoms. The summed E-state index contributed by atoms with van der Waals surface area (Å²) < 4.78 is 0. The molecular weight excluding hydrogens is 230 g/mol. The van der Waals surface area contributed by atoms with Gasteiger partial charge in [0.05, 0.1) is 6.54 Å². The Hall–Kier alpha value is -1.39. The Bertz CT molecular complexity index is 453. The van der Waals surface area contributed by atoms with Crippen LogP contribution < -0.4 is 5.73 Å². The van der Waals surface area contributed by atoms with Crippen LogP contribution >= 0.6 is 11.3 Å². The van der Waals surface area contributed by atoms with Crippen molar-refractivity contribution in [2.24, 2.45) is 0 Å². The highest BCUT2D eigenvalue weighted by atomic mass is 32.1. The smallest absolute Gasteiger partial charge is 0.107 e. The van der Waals surface area contributed by atoms with Crippen molar-refractivity contribution in [1.29, 1.82) is 0 Å². The second kappa shape index (κ2) is 5.80. The lowest BCUT2D eigenvalue weighted by molar-refractivity contribution is 0.271. The second-order valence-electron chi connectivity index (χ2n) is 3.97. The minimum absolute atomic E-state index is 0.827. The van der Waals surface area contributed by atoms with Crippen molar-refractivity contribution in [2.45, 2.75) is 20.0 Å². The number of rotatable bonds is 5. The van der Waals surface area contributed by atoms with Crippen molar-refractivity contribution >= 4 is 17.0 Å². The van der Waals surface area contributed by atoms with E-state index in [1.54, 1.807) is 11.3 Å². The average Bonchev–Trinajstić information content (AvgIpc) is 2.81. The molecule has 0 bridgehead atoms. The fourth-order valence-electron chi connectivity index (χ4n) is 1.75. The van der Waals surface area contributed by atoms with Crippen molar-refractivity contribution in [3.8, 4) is 0 Å². The molecule has 0 amide bonds. The van der Waals surface area contributed by atoms with E-state index in [0.717, 1.165) is 30.3 Å². The van der Waals surface area contributed by atoms with Crippen LogP contribution in [-0.2, 0) is 13.1 Å². The fraction of sp³-hybridized carbons (Fsp3) is 0.308. The minimum Gasteiger partial charge on any atom is -0.399 e. The van der Waals surface area contributed by atoms with E-state index in [1.807, 2.05) is 29.8 Å². The zero-order chi connectivity index (χ0) is 12.1. The summed E-state index contributed by atoms with van der Waals surface area (Å²) >= 11 is 1.70. The zero-order valence-corrected chi connectivity index (χ0v) is 10.8. The van der Waals surface area contributed by atoms with Crippen molar-refractivity contribution in [3.05, 3.63) is 46.4 Å². The van der Waals surface area contributed by atoms with Gasteiger partial charge in [0.1, 0.15) is 5.01 Å². The number of nitrogens with two attached hydrogens (primary N) is 1. The molecule has 90 valence electrons. The van der Waals surface area contributed by atoms with Gasteiger partial charge in [-0.15, -0.1) is 11.3 Å². The van der Waals surface area contributed by atoms with E-state index in [4.69, 9.17) is 5.73 Å². The van der Waals surface area contributed by atoms with Crippen LogP contribution in [0.1, 0.15) is 17.5 Å². The normalized spacial score (nSPS) is 10.9. The molecule has 1 aromatic heterocycles. The minimum atomic E-state index is 0.827. The molecule has 0 radical (unpaired) electrons. The largest absolute Gasteiger partial charge is 0.399 e. The number of hydrogen-bond donors (Lipinski definition) is 1. The Kier molecular flexibility index (Phi) is 4.12. The molecule has 2 aromatic rings. The molecule has 0 saturated heterocycles. The first kappa shape index (κ1) is 12.1. The Labute approximate surface area is 106 Å². The first-order chi connectivity index (χ1) is 8.28. The molecule has 0 aliphatic carbocycles. The van der Waals surface area contributed by atoms with Gasteiger partial charge in [0, 0.05) is 23.8 Å². The van der Waals surface area contributed by atoms with Crippen LogP contribution in [0.15, 0.2) is 35.8 Å². The van der Waals surface area contributed by atoms with Gasteiger partial charge in [0.25, 0.3) is 0 Å². The summed E-state index contributed by atoms with van der Waals surface area (Å²) in [6.07, 6.45) is 1.86. The van der Waals surface area contributed by atoms with E-state index >= 15 is 0 Å². The molecule has 0 saturated carbocycles. The van der Waals surface area contributed by atoms with Crippen LogP contribution in [0.4, 0.5) is 5.69 Å². The van der Waals surface area contributed by atoms with Crippen molar-refractivity contribution in [2.75, 3.05) is 12.3 Å². The van der Waals surface area contributed by atoms with Crippen LogP contribution in [0.5, 0.6) is 0 Å². The fourth-order valence-corrected chi connectivity index (χ4v) is 2.41. The summed E-state index contributed by atoms with van der Waals surface area (Å²) in [6, 6.07) is 8.06. The summed E-state index contributed by atoms with van der Waals surface area (Å²) in [5, 5.41) is 3.18. The lowest BCUT2D eigenvalue weighted by atomic mass is 10.2. The third-order valence-corrected chi connectivity index (χ3v) is 3.41. The molecule has 0 atom stereocenters. The Balaban J connectivity index is 2.00. The highest BCUT2D eigenvalue weighted by Crippen LogP contribution is 2.13. The SMILES string of the molecule is CCN(Cc1cccc(N)c1)Cc1nccs1. The molecule has 1 heterocycles. The number of nitrogens with zero attached hydrogens (tertiary/aromatic N) is 2. The summed E-state index contributed by atoms with van der Waals surface area (Å²) in [6.45, 7) is 5.00. The summed E-state index contributed by atoms with van der Waals surface area (Å²) in [5.41, 5.74) is 7.86. The Morgan fingerprint density at radius 2 is 2.24 bits per heavy atom. The van der Waals surface area contributed by atoms with Gasteiger partial charge < -0.3 is 5.73 Å². The molecule has 2 rings (SSSR count). The predicted molar refractivity (Wildman–Crippen MR) is 72.8 cm³/mol. The van der Waals surface area contributed by atoms with Crippen molar-refractivity contribution in [3.63, 3.8) is 0 Å². The van der Waals surface area contributed by atoms with E-state index in [0.29, 0.717) is 0 Å². The zero-order valence-electron chi connectivity index (χ0n) is 9.97. The van der Waals surface area contributed by atoms with Crippen LogP contribution in [0.3, 0.4) is 0 Å². The molecule has 0 fully saturated rings. The molecule has 3 nitrogen and oxygen atoms in total. The standard InChI is InChI=1S/C13H17N3S/c1-2-16(10-13-15-6-7-17-13)9-11-4-3-5-12(14)8-11/h3-8H,2,9-10,14H2,1H3. The maximum atomic E-state index is 5.78. The number of thiazole rings is 1. The third kappa shape index (κ3) is 3.54. The summed E-state index contributed by atoms with van der Waals surface area (Å²) in [7, 11) is 0. The number of aromatic nitrogens is 1. The van der Waals surface area contributed by atoms with Gasteiger partial charge in [0.2, 0.25) is 0 Å².